The molecule has 2 N–H and O–H groups in total. The molecule has 0 saturated carbocycles. The summed E-state index contributed by atoms with van der Waals surface area (Å²) in [5.74, 6) is -0.984. The molecule has 0 unspecified atom stereocenters. The lowest BCUT2D eigenvalue weighted by Gasteiger charge is -2.28. The first-order valence-electron chi connectivity index (χ1n) is 10.5. The Hall–Kier alpha value is -3.23. The average molecular weight is 424 g/mol. The number of aromatic nitrogens is 1. The Morgan fingerprint density at radius 1 is 1.26 bits per heavy atom. The summed E-state index contributed by atoms with van der Waals surface area (Å²) in [6.07, 6.45) is 6.71. The van der Waals surface area contributed by atoms with Crippen LogP contribution < -0.4 is 4.90 Å². The quantitative estimate of drug-likeness (QED) is 0.613. The van der Waals surface area contributed by atoms with Crippen molar-refractivity contribution in [3.63, 3.8) is 0 Å². The van der Waals surface area contributed by atoms with Crippen molar-refractivity contribution in [2.45, 2.75) is 12.5 Å². The molecule has 2 aliphatic heterocycles. The predicted octanol–water partition coefficient (Wildman–Crippen LogP) is 0.958. The first-order chi connectivity index (χ1) is 15.1. The fourth-order valence-corrected chi connectivity index (χ4v) is 4.02. The van der Waals surface area contributed by atoms with Crippen LogP contribution in [0.3, 0.4) is 0 Å². The molecule has 0 bridgehead atoms. The highest BCUT2D eigenvalue weighted by molar-refractivity contribution is 6.14. The number of rotatable bonds is 8. The zero-order valence-corrected chi connectivity index (χ0v) is 17.2. The van der Waals surface area contributed by atoms with E-state index in [9.17, 15) is 14.7 Å². The summed E-state index contributed by atoms with van der Waals surface area (Å²) >= 11 is 0. The van der Waals surface area contributed by atoms with Crippen LogP contribution in [0.2, 0.25) is 0 Å². The number of furan rings is 1. The minimum Gasteiger partial charge on any atom is -0.503 e. The number of hydrogen-bond acceptors (Lipinski definition) is 6. The highest BCUT2D eigenvalue weighted by atomic mass is 16.5. The molecule has 0 aliphatic carbocycles. The Balaban J connectivity index is 1.54. The monoisotopic (exact) mass is 424 g/mol. The fraction of sp³-hybridized carbons (Fsp3) is 0.348. The third-order valence-corrected chi connectivity index (χ3v) is 5.61. The molecule has 0 radical (unpaired) electrons. The molecule has 4 rings (SSSR count). The van der Waals surface area contributed by atoms with Crippen LogP contribution in [-0.4, -0.2) is 66.1 Å². The van der Waals surface area contributed by atoms with Gasteiger partial charge in [0.05, 0.1) is 37.3 Å². The van der Waals surface area contributed by atoms with Gasteiger partial charge in [-0.3, -0.25) is 14.6 Å². The Labute approximate surface area is 180 Å². The number of quaternary nitrogens is 1. The van der Waals surface area contributed by atoms with E-state index in [1.165, 1.54) is 23.3 Å². The van der Waals surface area contributed by atoms with Crippen molar-refractivity contribution in [3.8, 4) is 0 Å². The van der Waals surface area contributed by atoms with Crippen LogP contribution in [0.4, 0.5) is 0 Å². The Morgan fingerprint density at radius 3 is 2.81 bits per heavy atom. The van der Waals surface area contributed by atoms with E-state index in [2.05, 4.69) is 4.98 Å². The van der Waals surface area contributed by atoms with Gasteiger partial charge in [-0.1, -0.05) is 6.07 Å². The van der Waals surface area contributed by atoms with Crippen LogP contribution in [-0.2, 0) is 14.3 Å². The van der Waals surface area contributed by atoms with Crippen LogP contribution in [0.1, 0.15) is 23.9 Å². The maximum atomic E-state index is 13.0. The Bertz CT molecular complexity index is 962. The number of ketones is 1. The SMILES string of the molecule is O=C(/C=C/c1ccco1)C1=C(O)C(=O)N(CCC[NH+]2CCOCC2)[C@H]1c1ccccn1. The number of hydrogen-bond donors (Lipinski definition) is 2. The number of aliphatic hydroxyl groups is 1. The van der Waals surface area contributed by atoms with Crippen molar-refractivity contribution in [1.29, 1.82) is 0 Å². The maximum Gasteiger partial charge on any atom is 0.290 e. The van der Waals surface area contributed by atoms with Crippen LogP contribution in [0.25, 0.3) is 6.08 Å². The van der Waals surface area contributed by atoms with Gasteiger partial charge in [-0.2, -0.15) is 0 Å². The van der Waals surface area contributed by atoms with Crippen molar-refractivity contribution in [3.05, 3.63) is 71.7 Å². The molecule has 2 aromatic rings. The minimum atomic E-state index is -0.720. The van der Waals surface area contributed by atoms with Gasteiger partial charge in [0.25, 0.3) is 5.91 Å². The molecule has 4 heterocycles. The number of ether oxygens (including phenoxy) is 1. The summed E-state index contributed by atoms with van der Waals surface area (Å²) in [4.78, 5) is 33.2. The molecule has 0 spiro atoms. The zero-order chi connectivity index (χ0) is 21.6. The molecule has 162 valence electrons. The van der Waals surface area contributed by atoms with Crippen molar-refractivity contribution < 1.29 is 28.7 Å². The molecule has 1 amide bonds. The lowest BCUT2D eigenvalue weighted by atomic mass is 9.99. The number of amides is 1. The van der Waals surface area contributed by atoms with Gasteiger partial charge in [0.15, 0.2) is 11.5 Å². The summed E-state index contributed by atoms with van der Waals surface area (Å²) in [6, 6.07) is 8.05. The second kappa shape index (κ2) is 9.72. The number of nitrogens with one attached hydrogen (secondary N) is 1. The molecular weight excluding hydrogens is 398 g/mol. The van der Waals surface area contributed by atoms with Gasteiger partial charge >= 0.3 is 0 Å². The number of morpholine rings is 1. The number of carbonyl (C=O) groups excluding carboxylic acids is 2. The van der Waals surface area contributed by atoms with Crippen molar-refractivity contribution in [2.24, 2.45) is 0 Å². The molecule has 2 aliphatic rings. The van der Waals surface area contributed by atoms with E-state index in [1.54, 1.807) is 41.4 Å². The third-order valence-electron chi connectivity index (χ3n) is 5.61. The number of aliphatic hydroxyl groups excluding tert-OH is 1. The van der Waals surface area contributed by atoms with Crippen molar-refractivity contribution in [2.75, 3.05) is 39.4 Å². The second-order valence-electron chi connectivity index (χ2n) is 7.60. The van der Waals surface area contributed by atoms with E-state index in [4.69, 9.17) is 9.15 Å². The summed E-state index contributed by atoms with van der Waals surface area (Å²) in [7, 11) is 0. The molecule has 31 heavy (non-hydrogen) atoms. The van der Waals surface area contributed by atoms with E-state index in [0.29, 0.717) is 18.0 Å². The van der Waals surface area contributed by atoms with Crippen LogP contribution >= 0.6 is 0 Å². The second-order valence-corrected chi connectivity index (χ2v) is 7.60. The van der Waals surface area contributed by atoms with Crippen LogP contribution in [0.15, 0.2) is 64.6 Å². The maximum absolute atomic E-state index is 13.0. The standard InChI is InChI=1S/C23H25N3O5/c27-19(8-7-17-5-3-14-31-17)20-21(18-6-1-2-9-24-18)26(23(29)22(20)28)11-4-10-25-12-15-30-16-13-25/h1-3,5-9,14,21,28H,4,10-13,15-16H2/p+1/b8-7+/t21-/m0/s1. The Morgan fingerprint density at radius 2 is 2.10 bits per heavy atom. The lowest BCUT2D eigenvalue weighted by Crippen LogP contribution is -3.14. The van der Waals surface area contributed by atoms with E-state index in [0.717, 1.165) is 39.3 Å². The molecular formula is C23H26N3O5+. The van der Waals surface area contributed by atoms with Gasteiger partial charge in [0, 0.05) is 19.2 Å². The lowest BCUT2D eigenvalue weighted by molar-refractivity contribution is -0.908. The summed E-state index contributed by atoms with van der Waals surface area (Å²) in [6.45, 7) is 4.71. The topological polar surface area (TPSA) is 97.3 Å². The smallest absolute Gasteiger partial charge is 0.290 e. The first-order valence-corrected chi connectivity index (χ1v) is 10.5. The molecule has 1 saturated heterocycles. The largest absolute Gasteiger partial charge is 0.503 e. The molecule has 0 aromatic carbocycles. The highest BCUT2D eigenvalue weighted by Gasteiger charge is 2.43. The third kappa shape index (κ3) is 4.76. The van der Waals surface area contributed by atoms with Crippen LogP contribution in [0, 0.1) is 0 Å². The minimum absolute atomic E-state index is 0.0465. The van der Waals surface area contributed by atoms with Gasteiger partial charge in [-0.15, -0.1) is 0 Å². The summed E-state index contributed by atoms with van der Waals surface area (Å²) in [5, 5.41) is 10.6. The van der Waals surface area contributed by atoms with Gasteiger partial charge in [0.2, 0.25) is 0 Å². The van der Waals surface area contributed by atoms with E-state index < -0.39 is 23.5 Å². The molecule has 2 aromatic heterocycles. The van der Waals surface area contributed by atoms with E-state index in [1.807, 2.05) is 0 Å². The van der Waals surface area contributed by atoms with Crippen molar-refractivity contribution in [1.82, 2.24) is 9.88 Å². The highest BCUT2D eigenvalue weighted by Crippen LogP contribution is 2.37. The van der Waals surface area contributed by atoms with Crippen molar-refractivity contribution >= 4 is 17.8 Å². The molecule has 8 heteroatoms. The van der Waals surface area contributed by atoms with Gasteiger partial charge in [0.1, 0.15) is 24.9 Å². The first kappa shape index (κ1) is 21.0. The van der Waals surface area contributed by atoms with Gasteiger partial charge in [-0.05, 0) is 36.4 Å². The van der Waals surface area contributed by atoms with E-state index in [-0.39, 0.29) is 5.57 Å². The van der Waals surface area contributed by atoms with E-state index >= 15 is 0 Å². The number of nitrogens with zero attached hydrogens (tertiary/aromatic N) is 2. The fourth-order valence-electron chi connectivity index (χ4n) is 4.02. The predicted molar refractivity (Wildman–Crippen MR) is 112 cm³/mol. The zero-order valence-electron chi connectivity index (χ0n) is 17.2. The summed E-state index contributed by atoms with van der Waals surface area (Å²) in [5.41, 5.74) is 0.596. The van der Waals surface area contributed by atoms with Gasteiger partial charge < -0.3 is 24.1 Å². The Kier molecular flexibility index (Phi) is 6.59. The number of allylic oxidation sites excluding steroid dienone is 1. The molecule has 1 fully saturated rings. The number of carbonyl (C=O) groups is 2. The normalized spacial score (nSPS) is 20.2. The molecule has 8 nitrogen and oxygen atoms in total. The summed E-state index contributed by atoms with van der Waals surface area (Å²) < 4.78 is 10.6. The van der Waals surface area contributed by atoms with Crippen LogP contribution in [0.5, 0.6) is 0 Å². The number of pyridine rings is 1. The van der Waals surface area contributed by atoms with Gasteiger partial charge in [-0.25, -0.2) is 0 Å². The average Bonchev–Trinajstić information content (AvgIpc) is 3.41. The molecule has 1 atom stereocenters.